The summed E-state index contributed by atoms with van der Waals surface area (Å²) in [5.74, 6) is 0. The molecule has 0 spiro atoms. The van der Waals surface area contributed by atoms with Gasteiger partial charge in [-0.3, -0.25) is 0 Å². The van der Waals surface area contributed by atoms with E-state index in [1.54, 1.807) is 0 Å². The van der Waals surface area contributed by atoms with Crippen molar-refractivity contribution >= 4 is 0 Å². The standard InChI is InChI=1S/C14H27NO2/c1-2-13-10-14(11-16,8-9-17-13)15-12-6-4-3-5-7-12/h12-13,15-16H,2-11H2,1H3. The highest BCUT2D eigenvalue weighted by Crippen LogP contribution is 2.29. The summed E-state index contributed by atoms with van der Waals surface area (Å²) in [4.78, 5) is 0. The Morgan fingerprint density at radius 1 is 1.29 bits per heavy atom. The Hall–Kier alpha value is -0.120. The first-order valence-corrected chi connectivity index (χ1v) is 7.28. The molecule has 2 unspecified atom stereocenters. The Morgan fingerprint density at radius 3 is 2.71 bits per heavy atom. The van der Waals surface area contributed by atoms with Crippen molar-refractivity contribution in [2.45, 2.75) is 76.0 Å². The molecule has 1 aliphatic heterocycles. The van der Waals surface area contributed by atoms with Gasteiger partial charge in [0.25, 0.3) is 0 Å². The molecule has 0 aromatic carbocycles. The van der Waals surface area contributed by atoms with Crippen LogP contribution in [0.1, 0.15) is 58.3 Å². The highest BCUT2D eigenvalue weighted by Gasteiger charge is 2.37. The van der Waals surface area contributed by atoms with Crippen molar-refractivity contribution in [2.24, 2.45) is 0 Å². The summed E-state index contributed by atoms with van der Waals surface area (Å²) in [5.41, 5.74) is -0.0685. The maximum absolute atomic E-state index is 9.77. The predicted molar refractivity (Wildman–Crippen MR) is 69.1 cm³/mol. The van der Waals surface area contributed by atoms with Gasteiger partial charge in [0.15, 0.2) is 0 Å². The van der Waals surface area contributed by atoms with E-state index in [0.717, 1.165) is 25.9 Å². The Labute approximate surface area is 105 Å². The van der Waals surface area contributed by atoms with E-state index in [-0.39, 0.29) is 12.1 Å². The third-order valence-corrected chi connectivity index (χ3v) is 4.43. The number of nitrogens with one attached hydrogen (secondary N) is 1. The van der Waals surface area contributed by atoms with Gasteiger partial charge < -0.3 is 15.2 Å². The number of ether oxygens (including phenoxy) is 1. The first kappa shape index (κ1) is 13.3. The molecule has 0 amide bonds. The summed E-state index contributed by atoms with van der Waals surface area (Å²) in [7, 11) is 0. The van der Waals surface area contributed by atoms with Crippen LogP contribution in [0.25, 0.3) is 0 Å². The van der Waals surface area contributed by atoms with Gasteiger partial charge in [-0.15, -0.1) is 0 Å². The van der Waals surface area contributed by atoms with E-state index in [1.165, 1.54) is 32.1 Å². The van der Waals surface area contributed by atoms with Gasteiger partial charge in [0.1, 0.15) is 0 Å². The Bertz CT molecular complexity index is 228. The third-order valence-electron chi connectivity index (χ3n) is 4.43. The van der Waals surface area contributed by atoms with Gasteiger partial charge in [0.2, 0.25) is 0 Å². The second kappa shape index (κ2) is 6.17. The van der Waals surface area contributed by atoms with Crippen molar-refractivity contribution in [2.75, 3.05) is 13.2 Å². The molecule has 1 heterocycles. The summed E-state index contributed by atoms with van der Waals surface area (Å²) in [6, 6.07) is 0.617. The lowest BCUT2D eigenvalue weighted by Crippen LogP contribution is -2.58. The molecular weight excluding hydrogens is 214 g/mol. The van der Waals surface area contributed by atoms with E-state index in [2.05, 4.69) is 12.2 Å². The van der Waals surface area contributed by atoms with E-state index < -0.39 is 0 Å². The van der Waals surface area contributed by atoms with Crippen LogP contribution in [0.5, 0.6) is 0 Å². The molecule has 2 fully saturated rings. The number of aliphatic hydroxyl groups is 1. The summed E-state index contributed by atoms with van der Waals surface area (Å²) >= 11 is 0. The quantitative estimate of drug-likeness (QED) is 0.793. The molecule has 2 aliphatic rings. The molecule has 17 heavy (non-hydrogen) atoms. The summed E-state index contributed by atoms with van der Waals surface area (Å²) < 4.78 is 5.72. The van der Waals surface area contributed by atoms with Gasteiger partial charge in [-0.2, -0.15) is 0 Å². The molecule has 2 N–H and O–H groups in total. The molecule has 0 aromatic heterocycles. The van der Waals surface area contributed by atoms with Crippen LogP contribution in [0.15, 0.2) is 0 Å². The maximum atomic E-state index is 9.77. The van der Waals surface area contributed by atoms with E-state index in [0.29, 0.717) is 12.1 Å². The number of hydrogen-bond donors (Lipinski definition) is 2. The van der Waals surface area contributed by atoms with E-state index in [9.17, 15) is 5.11 Å². The van der Waals surface area contributed by atoms with Crippen LogP contribution >= 0.6 is 0 Å². The molecule has 0 bridgehead atoms. The van der Waals surface area contributed by atoms with Crippen molar-refractivity contribution in [1.82, 2.24) is 5.32 Å². The second-order valence-corrected chi connectivity index (χ2v) is 5.77. The fraction of sp³-hybridized carbons (Fsp3) is 1.00. The summed E-state index contributed by atoms with van der Waals surface area (Å²) in [6.45, 7) is 3.21. The van der Waals surface area contributed by atoms with Crippen LogP contribution in [0, 0.1) is 0 Å². The molecule has 0 radical (unpaired) electrons. The largest absolute Gasteiger partial charge is 0.394 e. The molecule has 3 nitrogen and oxygen atoms in total. The van der Waals surface area contributed by atoms with Gasteiger partial charge in [-0.1, -0.05) is 26.2 Å². The lowest BCUT2D eigenvalue weighted by atomic mass is 9.84. The first-order valence-electron chi connectivity index (χ1n) is 7.28. The van der Waals surface area contributed by atoms with E-state index >= 15 is 0 Å². The lowest BCUT2D eigenvalue weighted by Gasteiger charge is -2.43. The van der Waals surface area contributed by atoms with Crippen LogP contribution in [-0.2, 0) is 4.74 Å². The average molecular weight is 241 g/mol. The fourth-order valence-electron chi connectivity index (χ4n) is 3.28. The van der Waals surface area contributed by atoms with E-state index in [4.69, 9.17) is 4.74 Å². The van der Waals surface area contributed by atoms with Gasteiger partial charge in [0.05, 0.1) is 12.7 Å². The Balaban J connectivity index is 1.92. The number of rotatable bonds is 4. The predicted octanol–water partition coefficient (Wildman–Crippen LogP) is 2.23. The number of hydrogen-bond acceptors (Lipinski definition) is 3. The monoisotopic (exact) mass is 241 g/mol. The van der Waals surface area contributed by atoms with Gasteiger partial charge in [0, 0.05) is 18.2 Å². The molecule has 2 atom stereocenters. The fourth-order valence-corrected chi connectivity index (χ4v) is 3.28. The van der Waals surface area contributed by atoms with Crippen LogP contribution in [0.3, 0.4) is 0 Å². The minimum absolute atomic E-state index is 0.0685. The van der Waals surface area contributed by atoms with Crippen LogP contribution in [-0.4, -0.2) is 36.0 Å². The zero-order valence-corrected chi connectivity index (χ0v) is 11.1. The molecule has 3 heteroatoms. The third kappa shape index (κ3) is 3.43. The Morgan fingerprint density at radius 2 is 2.06 bits per heavy atom. The first-order chi connectivity index (χ1) is 8.28. The highest BCUT2D eigenvalue weighted by atomic mass is 16.5. The summed E-state index contributed by atoms with van der Waals surface area (Å²) in [5, 5.41) is 13.5. The van der Waals surface area contributed by atoms with Crippen LogP contribution in [0.4, 0.5) is 0 Å². The molecule has 2 rings (SSSR count). The summed E-state index contributed by atoms with van der Waals surface area (Å²) in [6.07, 6.45) is 9.91. The second-order valence-electron chi connectivity index (χ2n) is 5.77. The van der Waals surface area contributed by atoms with Gasteiger partial charge in [-0.25, -0.2) is 0 Å². The average Bonchev–Trinajstić information content (AvgIpc) is 2.40. The SMILES string of the molecule is CCC1CC(CO)(NC2CCCCC2)CCO1. The van der Waals surface area contributed by atoms with Crippen molar-refractivity contribution < 1.29 is 9.84 Å². The maximum Gasteiger partial charge on any atom is 0.0615 e. The van der Waals surface area contributed by atoms with Crippen molar-refractivity contribution in [1.29, 1.82) is 0 Å². The van der Waals surface area contributed by atoms with Crippen molar-refractivity contribution in [3.05, 3.63) is 0 Å². The smallest absolute Gasteiger partial charge is 0.0615 e. The lowest BCUT2D eigenvalue weighted by molar-refractivity contribution is -0.0505. The van der Waals surface area contributed by atoms with Crippen LogP contribution < -0.4 is 5.32 Å². The molecular formula is C14H27NO2. The van der Waals surface area contributed by atoms with Crippen molar-refractivity contribution in [3.8, 4) is 0 Å². The normalized spacial score (nSPS) is 36.0. The topological polar surface area (TPSA) is 41.5 Å². The van der Waals surface area contributed by atoms with Crippen LogP contribution in [0.2, 0.25) is 0 Å². The molecule has 1 saturated heterocycles. The van der Waals surface area contributed by atoms with Gasteiger partial charge >= 0.3 is 0 Å². The minimum Gasteiger partial charge on any atom is -0.394 e. The zero-order valence-electron chi connectivity index (χ0n) is 11.1. The minimum atomic E-state index is -0.0685. The highest BCUT2D eigenvalue weighted by molar-refractivity contribution is 4.95. The van der Waals surface area contributed by atoms with E-state index in [1.807, 2.05) is 0 Å². The molecule has 1 aliphatic carbocycles. The Kier molecular flexibility index (Phi) is 4.83. The molecule has 100 valence electrons. The zero-order chi connectivity index (χ0) is 12.1. The molecule has 0 aromatic rings. The molecule has 1 saturated carbocycles. The van der Waals surface area contributed by atoms with Gasteiger partial charge in [-0.05, 0) is 32.1 Å². The number of aliphatic hydroxyl groups excluding tert-OH is 1. The van der Waals surface area contributed by atoms with Crippen molar-refractivity contribution in [3.63, 3.8) is 0 Å².